The van der Waals surface area contributed by atoms with E-state index in [0.29, 0.717) is 30.4 Å². The molecule has 4 rings (SSSR count). The Morgan fingerprint density at radius 3 is 2.63 bits per heavy atom. The van der Waals surface area contributed by atoms with Crippen LogP contribution >= 0.6 is 0 Å². The molecule has 3 aromatic heterocycles. The summed E-state index contributed by atoms with van der Waals surface area (Å²) in [7, 11) is 3.03. The van der Waals surface area contributed by atoms with Crippen LogP contribution < -0.4 is 9.64 Å². The van der Waals surface area contributed by atoms with Crippen LogP contribution in [0.25, 0.3) is 11.6 Å². The Morgan fingerprint density at radius 1 is 1.07 bits per heavy atom. The number of pyridine rings is 1. The summed E-state index contributed by atoms with van der Waals surface area (Å²) in [5.41, 5.74) is 1.65. The zero-order valence-electron chi connectivity index (χ0n) is 14.8. The molecule has 138 valence electrons. The Labute approximate surface area is 155 Å². The predicted octanol–water partition coefficient (Wildman–Crippen LogP) is 2.18. The number of methoxy groups -OCH3 is 2. The fourth-order valence-electron chi connectivity index (χ4n) is 3.07. The number of hydrogen-bond donors (Lipinski definition) is 0. The van der Waals surface area contributed by atoms with Crippen LogP contribution in [0.3, 0.4) is 0 Å². The van der Waals surface area contributed by atoms with E-state index in [1.54, 1.807) is 31.8 Å². The van der Waals surface area contributed by atoms with E-state index in [9.17, 15) is 4.39 Å². The molecule has 1 aliphatic heterocycles. The minimum absolute atomic E-state index is 0.207. The zero-order valence-corrected chi connectivity index (χ0v) is 14.8. The van der Waals surface area contributed by atoms with E-state index in [0.717, 1.165) is 11.3 Å². The first-order valence-electron chi connectivity index (χ1n) is 8.34. The van der Waals surface area contributed by atoms with E-state index in [-0.39, 0.29) is 5.88 Å². The Hall–Kier alpha value is -3.20. The summed E-state index contributed by atoms with van der Waals surface area (Å²) >= 11 is 0. The Bertz CT molecular complexity index is 956. The molecule has 0 spiro atoms. The van der Waals surface area contributed by atoms with Crippen molar-refractivity contribution in [1.29, 1.82) is 0 Å². The summed E-state index contributed by atoms with van der Waals surface area (Å²) < 4.78 is 24.6. The Kier molecular flexibility index (Phi) is 4.59. The number of fused-ring (bicyclic) bond motifs is 1. The molecule has 0 aliphatic carbocycles. The predicted molar refractivity (Wildman–Crippen MR) is 94.6 cm³/mol. The summed E-state index contributed by atoms with van der Waals surface area (Å²) in [5.74, 6) is 1.14. The van der Waals surface area contributed by atoms with Crippen molar-refractivity contribution < 1.29 is 13.9 Å². The number of anilines is 1. The van der Waals surface area contributed by atoms with E-state index in [1.165, 1.54) is 19.2 Å². The van der Waals surface area contributed by atoms with E-state index in [4.69, 9.17) is 9.47 Å². The number of halogens is 1. The van der Waals surface area contributed by atoms with Gasteiger partial charge in [-0.15, -0.1) is 0 Å². The molecule has 9 heteroatoms. The van der Waals surface area contributed by atoms with Gasteiger partial charge < -0.3 is 14.4 Å². The molecule has 1 unspecified atom stereocenters. The number of rotatable bonds is 4. The van der Waals surface area contributed by atoms with Crippen LogP contribution in [-0.4, -0.2) is 45.7 Å². The van der Waals surface area contributed by atoms with Gasteiger partial charge in [-0.2, -0.15) is 4.98 Å². The van der Waals surface area contributed by atoms with Crippen LogP contribution in [0.4, 0.5) is 10.2 Å². The second-order valence-electron chi connectivity index (χ2n) is 5.89. The summed E-state index contributed by atoms with van der Waals surface area (Å²) in [6, 6.07) is 4.33. The lowest BCUT2D eigenvalue weighted by Gasteiger charge is -2.36. The van der Waals surface area contributed by atoms with Crippen LogP contribution in [0.1, 0.15) is 17.5 Å². The highest BCUT2D eigenvalue weighted by Crippen LogP contribution is 2.33. The second kappa shape index (κ2) is 7.20. The highest BCUT2D eigenvalue weighted by atomic mass is 19.1. The molecule has 1 atom stereocenters. The lowest BCUT2D eigenvalue weighted by molar-refractivity contribution is 0.0925. The lowest BCUT2D eigenvalue weighted by atomic mass is 10.1. The summed E-state index contributed by atoms with van der Waals surface area (Å²) in [6.45, 7) is 0.553. The van der Waals surface area contributed by atoms with E-state index < -0.39 is 12.0 Å². The topological polar surface area (TPSA) is 86.2 Å². The number of nitrogens with zero attached hydrogens (tertiary/aromatic N) is 6. The third-order valence-electron chi connectivity index (χ3n) is 4.28. The van der Waals surface area contributed by atoms with Crippen molar-refractivity contribution in [2.45, 2.75) is 12.6 Å². The number of ether oxygens (including phenoxy) is 2. The molecule has 27 heavy (non-hydrogen) atoms. The first kappa shape index (κ1) is 17.2. The average molecular weight is 368 g/mol. The second-order valence-corrected chi connectivity index (χ2v) is 5.89. The molecule has 0 saturated heterocycles. The van der Waals surface area contributed by atoms with E-state index in [2.05, 4.69) is 24.9 Å². The third-order valence-corrected chi connectivity index (χ3v) is 4.28. The average Bonchev–Trinajstić information content (AvgIpc) is 2.72. The molecule has 0 radical (unpaired) electrons. The van der Waals surface area contributed by atoms with Gasteiger partial charge in [0, 0.05) is 56.4 Å². The van der Waals surface area contributed by atoms with Gasteiger partial charge in [-0.25, -0.2) is 24.3 Å². The van der Waals surface area contributed by atoms with E-state index >= 15 is 0 Å². The van der Waals surface area contributed by atoms with Gasteiger partial charge in [-0.1, -0.05) is 0 Å². The van der Waals surface area contributed by atoms with Gasteiger partial charge in [0.2, 0.25) is 5.88 Å². The molecule has 0 bridgehead atoms. The quantitative estimate of drug-likeness (QED) is 0.693. The van der Waals surface area contributed by atoms with Crippen molar-refractivity contribution in [3.8, 4) is 17.5 Å². The molecule has 8 nitrogen and oxygen atoms in total. The highest BCUT2D eigenvalue weighted by molar-refractivity contribution is 5.49. The monoisotopic (exact) mass is 368 g/mol. The molecule has 0 amide bonds. The van der Waals surface area contributed by atoms with Crippen molar-refractivity contribution >= 4 is 5.82 Å². The minimum atomic E-state index is -0.488. The SMILES string of the molecule is COc1cc(F)cc(N2CCc3nc(-c4ncccn4)ncc3C2OC)n1. The minimum Gasteiger partial charge on any atom is -0.481 e. The van der Waals surface area contributed by atoms with Gasteiger partial charge in [0.05, 0.1) is 12.8 Å². The van der Waals surface area contributed by atoms with Crippen molar-refractivity contribution in [3.05, 3.63) is 53.9 Å². The van der Waals surface area contributed by atoms with Gasteiger partial charge in [0.15, 0.2) is 17.9 Å². The molecular formula is C18H17FN6O2. The molecular weight excluding hydrogens is 351 g/mol. The number of hydrogen-bond acceptors (Lipinski definition) is 8. The Morgan fingerprint density at radius 2 is 1.89 bits per heavy atom. The van der Waals surface area contributed by atoms with Gasteiger partial charge in [-0.3, -0.25) is 0 Å². The first-order chi connectivity index (χ1) is 13.2. The third kappa shape index (κ3) is 3.28. The van der Waals surface area contributed by atoms with Crippen molar-refractivity contribution in [3.63, 3.8) is 0 Å². The largest absolute Gasteiger partial charge is 0.481 e. The highest BCUT2D eigenvalue weighted by Gasteiger charge is 2.31. The molecule has 1 aliphatic rings. The van der Waals surface area contributed by atoms with E-state index in [1.807, 2.05) is 4.90 Å². The first-order valence-corrected chi connectivity index (χ1v) is 8.34. The van der Waals surface area contributed by atoms with Crippen LogP contribution in [0.5, 0.6) is 5.88 Å². The van der Waals surface area contributed by atoms with Crippen LogP contribution in [-0.2, 0) is 11.2 Å². The fraction of sp³-hybridized carbons (Fsp3) is 0.278. The molecule has 0 fully saturated rings. The number of aromatic nitrogens is 5. The van der Waals surface area contributed by atoms with Gasteiger partial charge in [-0.05, 0) is 6.07 Å². The summed E-state index contributed by atoms with van der Waals surface area (Å²) in [6.07, 6.45) is 5.13. The van der Waals surface area contributed by atoms with Crippen molar-refractivity contribution in [2.24, 2.45) is 0 Å². The molecule has 0 N–H and O–H groups in total. The molecule has 0 saturated carbocycles. The fourth-order valence-corrected chi connectivity index (χ4v) is 3.07. The summed E-state index contributed by atoms with van der Waals surface area (Å²) in [5, 5.41) is 0. The van der Waals surface area contributed by atoms with Crippen molar-refractivity contribution in [2.75, 3.05) is 25.7 Å². The smallest absolute Gasteiger partial charge is 0.217 e. The molecule has 3 aromatic rings. The van der Waals surface area contributed by atoms with Gasteiger partial charge in [0.25, 0.3) is 0 Å². The van der Waals surface area contributed by atoms with Gasteiger partial charge in [0.1, 0.15) is 11.6 Å². The van der Waals surface area contributed by atoms with Crippen LogP contribution in [0.2, 0.25) is 0 Å². The maximum absolute atomic E-state index is 13.9. The molecule has 0 aromatic carbocycles. The molecule has 4 heterocycles. The lowest BCUT2D eigenvalue weighted by Crippen LogP contribution is -2.38. The maximum Gasteiger partial charge on any atom is 0.217 e. The zero-order chi connectivity index (χ0) is 18.8. The maximum atomic E-state index is 13.9. The standard InChI is InChI=1S/C18H17FN6O2/c1-26-15-9-11(19)8-14(24-15)25-7-4-13-12(18(25)27-2)10-22-17(23-13)16-20-5-3-6-21-16/h3,5-6,8-10,18H,4,7H2,1-2H3. The van der Waals surface area contributed by atoms with Crippen LogP contribution in [0, 0.1) is 5.82 Å². The summed E-state index contributed by atoms with van der Waals surface area (Å²) in [4.78, 5) is 23.5. The van der Waals surface area contributed by atoms with Crippen LogP contribution in [0.15, 0.2) is 36.8 Å². The van der Waals surface area contributed by atoms with Crippen molar-refractivity contribution in [1.82, 2.24) is 24.9 Å². The van der Waals surface area contributed by atoms with Gasteiger partial charge >= 0.3 is 0 Å². The normalized spacial score (nSPS) is 16.1. The Balaban J connectivity index is 1.70.